The highest BCUT2D eigenvalue weighted by Gasteiger charge is 2.42. The van der Waals surface area contributed by atoms with Gasteiger partial charge in [-0.15, -0.1) is 0 Å². The van der Waals surface area contributed by atoms with Crippen molar-refractivity contribution >= 4 is 23.6 Å². The van der Waals surface area contributed by atoms with E-state index in [0.717, 1.165) is 18.6 Å². The SMILES string of the molecule is CCSC1CCCC1NC1CC(=O)N(C(C)CC)C1=O. The molecule has 1 saturated carbocycles. The summed E-state index contributed by atoms with van der Waals surface area (Å²) in [5, 5.41) is 4.07. The molecule has 2 fully saturated rings. The second kappa shape index (κ2) is 6.94. The summed E-state index contributed by atoms with van der Waals surface area (Å²) in [4.78, 5) is 25.9. The van der Waals surface area contributed by atoms with E-state index >= 15 is 0 Å². The molecule has 5 heteroatoms. The Morgan fingerprint density at radius 1 is 1.35 bits per heavy atom. The van der Waals surface area contributed by atoms with Crippen molar-refractivity contribution in [1.29, 1.82) is 0 Å². The number of amides is 2. The Hall–Kier alpha value is -0.550. The lowest BCUT2D eigenvalue weighted by molar-refractivity contribution is -0.141. The van der Waals surface area contributed by atoms with Crippen LogP contribution in [-0.4, -0.2) is 45.8 Å². The lowest BCUT2D eigenvalue weighted by atomic mass is 10.1. The quantitative estimate of drug-likeness (QED) is 0.764. The Morgan fingerprint density at radius 3 is 2.75 bits per heavy atom. The molecule has 1 saturated heterocycles. The maximum absolute atomic E-state index is 12.4. The molecular formula is C15H26N2O2S. The Kier molecular flexibility index (Phi) is 5.49. The third-order valence-corrected chi connectivity index (χ3v) is 5.79. The van der Waals surface area contributed by atoms with Crippen molar-refractivity contribution in [3.8, 4) is 0 Å². The first-order valence-electron chi connectivity index (χ1n) is 7.82. The van der Waals surface area contributed by atoms with Gasteiger partial charge in [0.2, 0.25) is 11.8 Å². The molecule has 1 N–H and O–H groups in total. The van der Waals surface area contributed by atoms with Crippen LogP contribution >= 0.6 is 11.8 Å². The van der Waals surface area contributed by atoms with E-state index < -0.39 is 0 Å². The van der Waals surface area contributed by atoms with Crippen LogP contribution in [0.1, 0.15) is 52.9 Å². The summed E-state index contributed by atoms with van der Waals surface area (Å²) in [6.45, 7) is 6.13. The van der Waals surface area contributed by atoms with Crippen molar-refractivity contribution in [1.82, 2.24) is 10.2 Å². The summed E-state index contributed by atoms with van der Waals surface area (Å²) in [6.07, 6.45) is 4.73. The lowest BCUT2D eigenvalue weighted by Crippen LogP contribution is -2.47. The number of thioether (sulfide) groups is 1. The van der Waals surface area contributed by atoms with Crippen LogP contribution in [0.25, 0.3) is 0 Å². The van der Waals surface area contributed by atoms with Gasteiger partial charge in [0.25, 0.3) is 0 Å². The second-order valence-corrected chi connectivity index (χ2v) is 7.33. The zero-order valence-corrected chi connectivity index (χ0v) is 13.5. The second-order valence-electron chi connectivity index (χ2n) is 5.81. The molecule has 2 amide bonds. The zero-order valence-electron chi connectivity index (χ0n) is 12.7. The molecule has 4 atom stereocenters. The molecular weight excluding hydrogens is 272 g/mol. The summed E-state index contributed by atoms with van der Waals surface area (Å²) in [5.74, 6) is 1.08. The van der Waals surface area contributed by atoms with Gasteiger partial charge < -0.3 is 5.32 Å². The summed E-state index contributed by atoms with van der Waals surface area (Å²) in [6, 6.07) is 0.115. The van der Waals surface area contributed by atoms with Crippen molar-refractivity contribution < 1.29 is 9.59 Å². The number of carbonyl (C=O) groups excluding carboxylic acids is 2. The molecule has 2 rings (SSSR count). The molecule has 1 aliphatic carbocycles. The minimum Gasteiger partial charge on any atom is -0.302 e. The molecule has 0 radical (unpaired) electrons. The van der Waals surface area contributed by atoms with Crippen molar-refractivity contribution in [2.24, 2.45) is 0 Å². The first kappa shape index (κ1) is 15.8. The molecule has 0 aromatic heterocycles. The van der Waals surface area contributed by atoms with Gasteiger partial charge in [0.05, 0.1) is 12.5 Å². The predicted molar refractivity (Wildman–Crippen MR) is 82.7 cm³/mol. The number of hydrogen-bond donors (Lipinski definition) is 1. The van der Waals surface area contributed by atoms with Gasteiger partial charge in [0, 0.05) is 17.3 Å². The van der Waals surface area contributed by atoms with E-state index in [0.29, 0.717) is 17.7 Å². The molecule has 0 bridgehead atoms. The molecule has 4 unspecified atom stereocenters. The first-order valence-corrected chi connectivity index (χ1v) is 8.86. The Balaban J connectivity index is 1.97. The van der Waals surface area contributed by atoms with Crippen molar-refractivity contribution in [3.63, 3.8) is 0 Å². The van der Waals surface area contributed by atoms with Gasteiger partial charge in [-0.3, -0.25) is 14.5 Å². The van der Waals surface area contributed by atoms with Gasteiger partial charge in [-0.05, 0) is 31.9 Å². The van der Waals surface area contributed by atoms with E-state index in [1.807, 2.05) is 25.6 Å². The van der Waals surface area contributed by atoms with E-state index in [1.165, 1.54) is 17.7 Å². The largest absolute Gasteiger partial charge is 0.302 e. The number of rotatable bonds is 6. The first-order chi connectivity index (χ1) is 9.58. The fourth-order valence-electron chi connectivity index (χ4n) is 3.22. The fourth-order valence-corrected chi connectivity index (χ4v) is 4.42. The Morgan fingerprint density at radius 2 is 2.10 bits per heavy atom. The number of nitrogens with zero attached hydrogens (tertiary/aromatic N) is 1. The summed E-state index contributed by atoms with van der Waals surface area (Å²) in [7, 11) is 0. The van der Waals surface area contributed by atoms with Gasteiger partial charge in [0.15, 0.2) is 0 Å². The van der Waals surface area contributed by atoms with Crippen molar-refractivity contribution in [2.45, 2.75) is 76.3 Å². The standard InChI is InChI=1S/C15H26N2O2S/c1-4-10(3)17-14(18)9-12(15(17)19)16-11-7-6-8-13(11)20-5-2/h10-13,16H,4-9H2,1-3H3. The molecule has 0 aromatic carbocycles. The topological polar surface area (TPSA) is 49.4 Å². The minimum absolute atomic E-state index is 0.0143. The molecule has 0 spiro atoms. The van der Waals surface area contributed by atoms with Gasteiger partial charge in [-0.25, -0.2) is 0 Å². The normalized spacial score (nSPS) is 32.1. The molecule has 20 heavy (non-hydrogen) atoms. The molecule has 114 valence electrons. The third-order valence-electron chi connectivity index (χ3n) is 4.46. The van der Waals surface area contributed by atoms with Gasteiger partial charge in [0.1, 0.15) is 0 Å². The summed E-state index contributed by atoms with van der Waals surface area (Å²) >= 11 is 1.97. The molecule has 1 aliphatic heterocycles. The summed E-state index contributed by atoms with van der Waals surface area (Å²) in [5.41, 5.74) is 0. The number of hydrogen-bond acceptors (Lipinski definition) is 4. The van der Waals surface area contributed by atoms with Gasteiger partial charge in [-0.2, -0.15) is 11.8 Å². The molecule has 0 aromatic rings. The number of nitrogens with one attached hydrogen (secondary N) is 1. The van der Waals surface area contributed by atoms with Crippen LogP contribution in [0.4, 0.5) is 0 Å². The van der Waals surface area contributed by atoms with Crippen LogP contribution < -0.4 is 5.32 Å². The lowest BCUT2D eigenvalue weighted by Gasteiger charge is -2.25. The van der Waals surface area contributed by atoms with E-state index in [9.17, 15) is 9.59 Å². The average Bonchev–Trinajstić information content (AvgIpc) is 2.96. The zero-order chi connectivity index (χ0) is 14.7. The van der Waals surface area contributed by atoms with Crippen LogP contribution in [0, 0.1) is 0 Å². The van der Waals surface area contributed by atoms with Crippen molar-refractivity contribution in [3.05, 3.63) is 0 Å². The van der Waals surface area contributed by atoms with Gasteiger partial charge in [-0.1, -0.05) is 20.3 Å². The highest BCUT2D eigenvalue weighted by atomic mass is 32.2. The fraction of sp³-hybridized carbons (Fsp3) is 0.867. The third kappa shape index (κ3) is 3.19. The van der Waals surface area contributed by atoms with E-state index in [1.54, 1.807) is 0 Å². The molecule has 4 nitrogen and oxygen atoms in total. The van der Waals surface area contributed by atoms with Crippen molar-refractivity contribution in [2.75, 3.05) is 5.75 Å². The monoisotopic (exact) mass is 298 g/mol. The highest BCUT2D eigenvalue weighted by molar-refractivity contribution is 7.99. The number of imide groups is 1. The van der Waals surface area contributed by atoms with Crippen LogP contribution in [0.3, 0.4) is 0 Å². The summed E-state index contributed by atoms with van der Waals surface area (Å²) < 4.78 is 0. The number of carbonyl (C=O) groups is 2. The Bertz CT molecular complexity index is 375. The minimum atomic E-state index is -0.292. The van der Waals surface area contributed by atoms with Crippen LogP contribution in [0.5, 0.6) is 0 Å². The van der Waals surface area contributed by atoms with Crippen LogP contribution in [0.2, 0.25) is 0 Å². The maximum Gasteiger partial charge on any atom is 0.247 e. The van der Waals surface area contributed by atoms with E-state index in [-0.39, 0.29) is 23.9 Å². The molecule has 2 aliphatic rings. The van der Waals surface area contributed by atoms with E-state index in [4.69, 9.17) is 0 Å². The predicted octanol–water partition coefficient (Wildman–Crippen LogP) is 2.18. The average molecular weight is 298 g/mol. The Labute approximate surface area is 126 Å². The highest BCUT2D eigenvalue weighted by Crippen LogP contribution is 2.31. The molecule has 1 heterocycles. The van der Waals surface area contributed by atoms with Crippen LogP contribution in [-0.2, 0) is 9.59 Å². The van der Waals surface area contributed by atoms with E-state index in [2.05, 4.69) is 12.2 Å². The smallest absolute Gasteiger partial charge is 0.247 e. The maximum atomic E-state index is 12.4. The number of likely N-dealkylation sites (tertiary alicyclic amines) is 1. The van der Waals surface area contributed by atoms with Crippen LogP contribution in [0.15, 0.2) is 0 Å². The van der Waals surface area contributed by atoms with Gasteiger partial charge >= 0.3 is 0 Å².